The smallest absolute Gasteiger partial charge is 0.273 e. The van der Waals surface area contributed by atoms with Crippen LogP contribution in [0.1, 0.15) is 28.9 Å². The van der Waals surface area contributed by atoms with Crippen LogP contribution in [0.2, 0.25) is 0 Å². The van der Waals surface area contributed by atoms with E-state index in [0.29, 0.717) is 24.8 Å². The number of carbonyl (C=O) groups is 1. The summed E-state index contributed by atoms with van der Waals surface area (Å²) >= 11 is 1.52. The Kier molecular flexibility index (Phi) is 4.83. The molecule has 0 bridgehead atoms. The van der Waals surface area contributed by atoms with Crippen molar-refractivity contribution in [2.75, 3.05) is 26.3 Å². The topological polar surface area (TPSA) is 51.7 Å². The Morgan fingerprint density at radius 2 is 1.84 bits per heavy atom. The van der Waals surface area contributed by atoms with Crippen molar-refractivity contribution < 1.29 is 14.3 Å². The first kappa shape index (κ1) is 16.7. The number of amides is 1. The zero-order chi connectivity index (χ0) is 17.2. The molecular formula is C19H22N2O3S. The summed E-state index contributed by atoms with van der Waals surface area (Å²) in [7, 11) is 0. The molecule has 4 rings (SSSR count). The molecule has 1 aromatic carbocycles. The summed E-state index contributed by atoms with van der Waals surface area (Å²) in [5.41, 5.74) is 2.82. The molecule has 0 spiro atoms. The van der Waals surface area contributed by atoms with Crippen LogP contribution >= 0.6 is 11.3 Å². The normalized spacial score (nSPS) is 19.5. The molecule has 2 aliphatic rings. The second-order valence-corrected chi connectivity index (χ2v) is 7.50. The van der Waals surface area contributed by atoms with Crippen LogP contribution in [-0.2, 0) is 9.47 Å². The monoisotopic (exact) mass is 358 g/mol. The van der Waals surface area contributed by atoms with Crippen molar-refractivity contribution >= 4 is 17.2 Å². The van der Waals surface area contributed by atoms with E-state index < -0.39 is 0 Å². The fourth-order valence-electron chi connectivity index (χ4n) is 3.39. The van der Waals surface area contributed by atoms with Gasteiger partial charge in [-0.25, -0.2) is 4.98 Å². The first-order chi connectivity index (χ1) is 12.2. The third-order valence-corrected chi connectivity index (χ3v) is 5.77. The van der Waals surface area contributed by atoms with Gasteiger partial charge < -0.3 is 14.4 Å². The van der Waals surface area contributed by atoms with Crippen LogP contribution < -0.4 is 0 Å². The third kappa shape index (κ3) is 3.61. The van der Waals surface area contributed by atoms with Crippen molar-refractivity contribution in [2.24, 2.45) is 5.92 Å². The Labute approximate surface area is 151 Å². The second kappa shape index (κ2) is 7.23. The highest BCUT2D eigenvalue weighted by atomic mass is 32.1. The average Bonchev–Trinajstić information content (AvgIpc) is 3.34. The summed E-state index contributed by atoms with van der Waals surface area (Å²) in [6.45, 7) is 4.91. The predicted molar refractivity (Wildman–Crippen MR) is 96.6 cm³/mol. The second-order valence-electron chi connectivity index (χ2n) is 6.64. The minimum Gasteiger partial charge on any atom is -0.350 e. The molecule has 1 amide bonds. The lowest BCUT2D eigenvalue weighted by Gasteiger charge is -2.33. The summed E-state index contributed by atoms with van der Waals surface area (Å²) in [6.07, 6.45) is 1.76. The molecule has 2 aliphatic heterocycles. The summed E-state index contributed by atoms with van der Waals surface area (Å²) in [5, 5.41) is 2.76. The molecule has 0 atom stereocenters. The van der Waals surface area contributed by atoms with E-state index in [1.54, 1.807) is 0 Å². The maximum Gasteiger partial charge on any atom is 0.273 e. The number of rotatable bonds is 3. The molecule has 2 saturated heterocycles. The van der Waals surface area contributed by atoms with E-state index in [2.05, 4.69) is 36.2 Å². The summed E-state index contributed by atoms with van der Waals surface area (Å²) in [4.78, 5) is 19.2. The number of likely N-dealkylation sites (tertiary alicyclic amines) is 1. The van der Waals surface area contributed by atoms with Crippen molar-refractivity contribution in [2.45, 2.75) is 26.1 Å². The zero-order valence-corrected chi connectivity index (χ0v) is 15.1. The largest absolute Gasteiger partial charge is 0.350 e. The molecule has 1 aromatic heterocycles. The first-order valence-electron chi connectivity index (χ1n) is 8.76. The van der Waals surface area contributed by atoms with E-state index in [-0.39, 0.29) is 12.2 Å². The average molecular weight is 358 g/mol. The highest BCUT2D eigenvalue weighted by Gasteiger charge is 2.32. The number of ether oxygens (including phenoxy) is 2. The van der Waals surface area contributed by atoms with E-state index in [0.717, 1.165) is 36.5 Å². The number of aromatic nitrogens is 1. The molecule has 132 valence electrons. The summed E-state index contributed by atoms with van der Waals surface area (Å²) in [6, 6.07) is 8.23. The number of hydrogen-bond acceptors (Lipinski definition) is 5. The lowest BCUT2D eigenvalue weighted by atomic mass is 9.96. The van der Waals surface area contributed by atoms with Crippen LogP contribution in [0.4, 0.5) is 0 Å². The first-order valence-corrected chi connectivity index (χ1v) is 9.64. The maximum absolute atomic E-state index is 12.7. The Morgan fingerprint density at radius 1 is 1.16 bits per heavy atom. The van der Waals surface area contributed by atoms with Crippen LogP contribution in [0.25, 0.3) is 10.6 Å². The Balaban J connectivity index is 1.39. The quantitative estimate of drug-likeness (QED) is 0.844. The molecule has 0 N–H and O–H groups in total. The minimum atomic E-state index is -0.0790. The molecule has 2 fully saturated rings. The lowest BCUT2D eigenvalue weighted by molar-refractivity contribution is -0.0956. The Bertz CT molecular complexity index is 729. The van der Waals surface area contributed by atoms with Crippen molar-refractivity contribution in [3.8, 4) is 10.6 Å². The number of piperidine rings is 1. The fraction of sp³-hybridized carbons (Fsp3) is 0.474. The molecular weight excluding hydrogens is 336 g/mol. The molecule has 6 heteroatoms. The van der Waals surface area contributed by atoms with Gasteiger partial charge in [0.25, 0.3) is 5.91 Å². The molecule has 0 aliphatic carbocycles. The van der Waals surface area contributed by atoms with E-state index >= 15 is 0 Å². The van der Waals surface area contributed by atoms with E-state index in [9.17, 15) is 4.79 Å². The van der Waals surface area contributed by atoms with Gasteiger partial charge in [-0.3, -0.25) is 4.79 Å². The lowest BCUT2D eigenvalue weighted by Crippen LogP contribution is -2.41. The highest BCUT2D eigenvalue weighted by molar-refractivity contribution is 7.13. The standard InChI is InChI=1S/C19H22N2O3S/c1-13-2-4-14(5-3-13)17-20-16(12-25-17)18(22)21-8-6-15(7-9-21)19-23-10-11-24-19/h2-5,12,15,19H,6-11H2,1H3. The van der Waals surface area contributed by atoms with Gasteiger partial charge >= 0.3 is 0 Å². The molecule has 5 nitrogen and oxygen atoms in total. The van der Waals surface area contributed by atoms with Crippen LogP contribution in [0.15, 0.2) is 29.6 Å². The van der Waals surface area contributed by atoms with E-state index in [1.807, 2.05) is 10.3 Å². The Morgan fingerprint density at radius 3 is 2.52 bits per heavy atom. The van der Waals surface area contributed by atoms with Gasteiger partial charge in [-0.15, -0.1) is 11.3 Å². The number of benzene rings is 1. The van der Waals surface area contributed by atoms with Crippen molar-refractivity contribution in [1.29, 1.82) is 0 Å². The van der Waals surface area contributed by atoms with Gasteiger partial charge in [-0.2, -0.15) is 0 Å². The van der Waals surface area contributed by atoms with Crippen molar-refractivity contribution in [3.05, 3.63) is 40.9 Å². The van der Waals surface area contributed by atoms with Crippen LogP contribution in [0.5, 0.6) is 0 Å². The zero-order valence-electron chi connectivity index (χ0n) is 14.3. The van der Waals surface area contributed by atoms with Gasteiger partial charge in [0, 0.05) is 30.0 Å². The third-order valence-electron chi connectivity index (χ3n) is 4.88. The number of aryl methyl sites for hydroxylation is 1. The molecule has 2 aromatic rings. The Hall–Kier alpha value is -1.76. The number of hydrogen-bond donors (Lipinski definition) is 0. The van der Waals surface area contributed by atoms with Crippen molar-refractivity contribution in [1.82, 2.24) is 9.88 Å². The highest BCUT2D eigenvalue weighted by Crippen LogP contribution is 2.28. The van der Waals surface area contributed by atoms with Gasteiger partial charge in [-0.05, 0) is 19.8 Å². The number of thiazole rings is 1. The molecule has 25 heavy (non-hydrogen) atoms. The van der Waals surface area contributed by atoms with Gasteiger partial charge in [0.1, 0.15) is 10.7 Å². The SMILES string of the molecule is Cc1ccc(-c2nc(C(=O)N3CCC(C4OCCO4)CC3)cs2)cc1. The molecule has 0 radical (unpaired) electrons. The molecule has 0 saturated carbocycles. The van der Waals surface area contributed by atoms with Crippen LogP contribution in [0.3, 0.4) is 0 Å². The van der Waals surface area contributed by atoms with Crippen LogP contribution in [0, 0.1) is 12.8 Å². The van der Waals surface area contributed by atoms with Gasteiger partial charge in [0.05, 0.1) is 13.2 Å². The minimum absolute atomic E-state index is 0.0290. The summed E-state index contributed by atoms with van der Waals surface area (Å²) < 4.78 is 11.2. The maximum atomic E-state index is 12.7. The molecule has 3 heterocycles. The van der Waals surface area contributed by atoms with Gasteiger partial charge in [-0.1, -0.05) is 29.8 Å². The van der Waals surface area contributed by atoms with E-state index in [4.69, 9.17) is 9.47 Å². The van der Waals surface area contributed by atoms with Gasteiger partial charge in [0.2, 0.25) is 0 Å². The van der Waals surface area contributed by atoms with Crippen molar-refractivity contribution in [3.63, 3.8) is 0 Å². The summed E-state index contributed by atoms with van der Waals surface area (Å²) in [5.74, 6) is 0.423. The predicted octanol–water partition coefficient (Wildman–Crippen LogP) is 3.34. The number of nitrogens with zero attached hydrogens (tertiary/aromatic N) is 2. The fourth-order valence-corrected chi connectivity index (χ4v) is 4.19. The van der Waals surface area contributed by atoms with Crippen LogP contribution in [-0.4, -0.2) is 48.4 Å². The number of carbonyl (C=O) groups excluding carboxylic acids is 1. The van der Waals surface area contributed by atoms with E-state index in [1.165, 1.54) is 16.9 Å². The van der Waals surface area contributed by atoms with Gasteiger partial charge in [0.15, 0.2) is 6.29 Å². The molecule has 0 unspecified atom stereocenters.